The van der Waals surface area contributed by atoms with Crippen LogP contribution in [-0.2, 0) is 0 Å². The molecule has 0 saturated heterocycles. The van der Waals surface area contributed by atoms with Crippen molar-refractivity contribution in [1.82, 2.24) is 4.90 Å². The van der Waals surface area contributed by atoms with Crippen molar-refractivity contribution in [3.8, 4) is 0 Å². The number of hydrogen-bond donors (Lipinski definition) is 1. The molecule has 1 amide bonds. The highest BCUT2D eigenvalue weighted by molar-refractivity contribution is 6.04. The fraction of sp³-hybridized carbons (Fsp3) is 0.267. The molecule has 3 heteroatoms. The van der Waals surface area contributed by atoms with E-state index in [-0.39, 0.29) is 5.91 Å². The van der Waals surface area contributed by atoms with Gasteiger partial charge in [-0.25, -0.2) is 0 Å². The number of amides is 1. The van der Waals surface area contributed by atoms with Gasteiger partial charge in [-0.3, -0.25) is 4.79 Å². The predicted molar refractivity (Wildman–Crippen MR) is 73.5 cm³/mol. The molecule has 0 heterocycles. The zero-order valence-corrected chi connectivity index (χ0v) is 10.4. The molecule has 0 spiro atoms. The molecule has 1 fully saturated rings. The smallest absolute Gasteiger partial charge is 0.255 e. The summed E-state index contributed by atoms with van der Waals surface area (Å²) in [6, 6.07) is 12.1. The highest BCUT2D eigenvalue weighted by atomic mass is 16.2. The molecule has 3 rings (SSSR count). The molecule has 3 nitrogen and oxygen atoms in total. The Morgan fingerprint density at radius 2 is 1.83 bits per heavy atom. The number of rotatable bonds is 2. The summed E-state index contributed by atoms with van der Waals surface area (Å²) in [5, 5.41) is 2.12. The third-order valence-corrected chi connectivity index (χ3v) is 3.56. The van der Waals surface area contributed by atoms with Crippen molar-refractivity contribution in [2.45, 2.75) is 18.9 Å². The van der Waals surface area contributed by atoms with E-state index in [0.29, 0.717) is 17.3 Å². The first-order chi connectivity index (χ1) is 8.66. The van der Waals surface area contributed by atoms with Crippen molar-refractivity contribution >= 4 is 22.4 Å². The molecule has 1 aliphatic rings. The van der Waals surface area contributed by atoms with Gasteiger partial charge in [0, 0.05) is 18.8 Å². The van der Waals surface area contributed by atoms with Gasteiger partial charge in [-0.2, -0.15) is 0 Å². The van der Waals surface area contributed by atoms with Crippen LogP contribution in [0.25, 0.3) is 10.8 Å². The van der Waals surface area contributed by atoms with Gasteiger partial charge in [0.1, 0.15) is 0 Å². The highest BCUT2D eigenvalue weighted by Gasteiger charge is 2.30. The average Bonchev–Trinajstić information content (AvgIpc) is 3.20. The lowest BCUT2D eigenvalue weighted by Gasteiger charge is -2.17. The van der Waals surface area contributed by atoms with Crippen LogP contribution in [0.4, 0.5) is 5.69 Å². The highest BCUT2D eigenvalue weighted by Crippen LogP contribution is 2.29. The molecule has 92 valence electrons. The fourth-order valence-corrected chi connectivity index (χ4v) is 2.26. The van der Waals surface area contributed by atoms with E-state index in [1.807, 2.05) is 43.4 Å². The number of nitrogens with two attached hydrogens (primary N) is 1. The lowest BCUT2D eigenvalue weighted by atomic mass is 10.0. The number of anilines is 1. The molecule has 0 aliphatic heterocycles. The standard InChI is InChI=1S/C15H16N2O/c1-17(12-6-7-12)15(18)13-8-10-4-2-3-5-11(10)9-14(13)16/h2-5,8-9,12H,6-7,16H2,1H3. The third-order valence-electron chi connectivity index (χ3n) is 3.56. The van der Waals surface area contributed by atoms with Crippen LogP contribution in [0.3, 0.4) is 0 Å². The maximum atomic E-state index is 12.3. The fourth-order valence-electron chi connectivity index (χ4n) is 2.26. The summed E-state index contributed by atoms with van der Waals surface area (Å²) in [5.74, 6) is 0.0285. The van der Waals surface area contributed by atoms with Gasteiger partial charge in [0.25, 0.3) is 5.91 Å². The Bertz CT molecular complexity index is 617. The summed E-state index contributed by atoms with van der Waals surface area (Å²) in [5.41, 5.74) is 7.17. The van der Waals surface area contributed by atoms with Crippen LogP contribution < -0.4 is 5.73 Å². The van der Waals surface area contributed by atoms with Crippen molar-refractivity contribution in [1.29, 1.82) is 0 Å². The normalized spacial score (nSPS) is 14.7. The molecule has 1 saturated carbocycles. The summed E-state index contributed by atoms with van der Waals surface area (Å²) in [4.78, 5) is 14.1. The van der Waals surface area contributed by atoms with Crippen molar-refractivity contribution < 1.29 is 4.79 Å². The van der Waals surface area contributed by atoms with E-state index in [0.717, 1.165) is 23.6 Å². The van der Waals surface area contributed by atoms with Gasteiger partial charge in [0.15, 0.2) is 0 Å². The van der Waals surface area contributed by atoms with Crippen LogP contribution in [0.1, 0.15) is 23.2 Å². The minimum Gasteiger partial charge on any atom is -0.398 e. The Labute approximate surface area is 106 Å². The van der Waals surface area contributed by atoms with Crippen molar-refractivity contribution in [2.24, 2.45) is 0 Å². The van der Waals surface area contributed by atoms with Gasteiger partial charge in [0.05, 0.1) is 5.56 Å². The zero-order valence-electron chi connectivity index (χ0n) is 10.4. The molecular formula is C15H16N2O. The van der Waals surface area contributed by atoms with Crippen LogP contribution in [0.15, 0.2) is 36.4 Å². The molecule has 1 aliphatic carbocycles. The molecule has 0 aromatic heterocycles. The minimum absolute atomic E-state index is 0.0285. The molecule has 18 heavy (non-hydrogen) atoms. The first kappa shape index (κ1) is 11.1. The van der Waals surface area contributed by atoms with Crippen LogP contribution in [0, 0.1) is 0 Å². The van der Waals surface area contributed by atoms with Gasteiger partial charge in [0.2, 0.25) is 0 Å². The number of carbonyl (C=O) groups excluding carboxylic acids is 1. The van der Waals surface area contributed by atoms with Gasteiger partial charge in [-0.15, -0.1) is 0 Å². The van der Waals surface area contributed by atoms with Crippen LogP contribution in [0.2, 0.25) is 0 Å². The first-order valence-corrected chi connectivity index (χ1v) is 6.22. The van der Waals surface area contributed by atoms with Crippen LogP contribution in [0.5, 0.6) is 0 Å². The quantitative estimate of drug-likeness (QED) is 0.820. The molecule has 0 bridgehead atoms. The number of benzene rings is 2. The number of nitrogens with zero attached hydrogens (tertiary/aromatic N) is 1. The largest absolute Gasteiger partial charge is 0.398 e. The second-order valence-electron chi connectivity index (χ2n) is 4.93. The van der Waals surface area contributed by atoms with E-state index in [2.05, 4.69) is 0 Å². The summed E-state index contributed by atoms with van der Waals surface area (Å²) in [6.07, 6.45) is 2.21. The number of carbonyl (C=O) groups is 1. The lowest BCUT2D eigenvalue weighted by Crippen LogP contribution is -2.29. The summed E-state index contributed by atoms with van der Waals surface area (Å²) < 4.78 is 0. The summed E-state index contributed by atoms with van der Waals surface area (Å²) >= 11 is 0. The van der Waals surface area contributed by atoms with E-state index < -0.39 is 0 Å². The Morgan fingerprint density at radius 3 is 2.44 bits per heavy atom. The van der Waals surface area contributed by atoms with Crippen molar-refractivity contribution in [2.75, 3.05) is 12.8 Å². The Balaban J connectivity index is 2.05. The SMILES string of the molecule is CN(C(=O)c1cc2ccccc2cc1N)C1CC1. The van der Waals surface area contributed by atoms with Gasteiger partial charge >= 0.3 is 0 Å². The topological polar surface area (TPSA) is 46.3 Å². The summed E-state index contributed by atoms with van der Waals surface area (Å²) in [6.45, 7) is 0. The molecular weight excluding hydrogens is 224 g/mol. The van der Waals surface area contributed by atoms with Gasteiger partial charge < -0.3 is 10.6 Å². The molecule has 0 unspecified atom stereocenters. The van der Waals surface area contributed by atoms with Crippen LogP contribution in [-0.4, -0.2) is 23.9 Å². The molecule has 2 aromatic carbocycles. The Morgan fingerprint density at radius 1 is 1.22 bits per heavy atom. The zero-order chi connectivity index (χ0) is 12.7. The molecule has 0 atom stereocenters. The Kier molecular flexibility index (Phi) is 2.47. The summed E-state index contributed by atoms with van der Waals surface area (Å²) in [7, 11) is 1.86. The molecule has 0 radical (unpaired) electrons. The van der Waals surface area contributed by atoms with Gasteiger partial charge in [-0.05, 0) is 35.7 Å². The Hall–Kier alpha value is -2.03. The lowest BCUT2D eigenvalue weighted by molar-refractivity contribution is 0.0786. The molecule has 2 N–H and O–H groups in total. The monoisotopic (exact) mass is 240 g/mol. The minimum atomic E-state index is 0.0285. The number of nitrogen functional groups attached to an aromatic ring is 1. The van der Waals surface area contributed by atoms with E-state index in [4.69, 9.17) is 5.73 Å². The first-order valence-electron chi connectivity index (χ1n) is 6.22. The van der Waals surface area contributed by atoms with E-state index >= 15 is 0 Å². The number of fused-ring (bicyclic) bond motifs is 1. The number of hydrogen-bond acceptors (Lipinski definition) is 2. The van der Waals surface area contributed by atoms with Crippen LogP contribution >= 0.6 is 0 Å². The average molecular weight is 240 g/mol. The maximum Gasteiger partial charge on any atom is 0.255 e. The van der Waals surface area contributed by atoms with Crippen molar-refractivity contribution in [3.63, 3.8) is 0 Å². The van der Waals surface area contributed by atoms with E-state index in [1.165, 1.54) is 0 Å². The predicted octanol–water partition coefficient (Wildman–Crippen LogP) is 2.66. The van der Waals surface area contributed by atoms with Crippen molar-refractivity contribution in [3.05, 3.63) is 42.0 Å². The molecule has 2 aromatic rings. The second kappa shape index (κ2) is 4.02. The van der Waals surface area contributed by atoms with Gasteiger partial charge in [-0.1, -0.05) is 24.3 Å². The second-order valence-corrected chi connectivity index (χ2v) is 4.93. The maximum absolute atomic E-state index is 12.3. The van der Waals surface area contributed by atoms with E-state index in [1.54, 1.807) is 4.90 Å². The third kappa shape index (κ3) is 1.82. The van der Waals surface area contributed by atoms with E-state index in [9.17, 15) is 4.79 Å².